The van der Waals surface area contributed by atoms with Gasteiger partial charge in [-0.05, 0) is 48.6 Å². The Hall–Kier alpha value is -1.91. The molecule has 0 amide bonds. The molecule has 5 heteroatoms. The van der Waals surface area contributed by atoms with E-state index in [1.54, 1.807) is 0 Å². The average Bonchev–Trinajstić information content (AvgIpc) is 3.05. The van der Waals surface area contributed by atoms with Gasteiger partial charge in [-0.3, -0.25) is 10.1 Å². The number of nitro benzene ring substituents is 1. The van der Waals surface area contributed by atoms with Crippen molar-refractivity contribution in [2.45, 2.75) is 33.1 Å². The third-order valence-corrected chi connectivity index (χ3v) is 5.76. The maximum Gasteiger partial charge on any atom is 0.338 e. The Bertz CT molecular complexity index is 593. The highest BCUT2D eigenvalue weighted by molar-refractivity contribution is 5.89. The van der Waals surface area contributed by atoms with Gasteiger partial charge in [0, 0.05) is 18.1 Å². The van der Waals surface area contributed by atoms with E-state index in [4.69, 9.17) is 4.74 Å². The van der Waals surface area contributed by atoms with Crippen LogP contribution in [0.3, 0.4) is 0 Å². The van der Waals surface area contributed by atoms with Crippen LogP contribution in [0, 0.1) is 33.3 Å². The van der Waals surface area contributed by atoms with Crippen LogP contribution >= 0.6 is 0 Å². The molecule has 2 saturated carbocycles. The lowest BCUT2D eigenvalue weighted by molar-refractivity contribution is -0.384. The summed E-state index contributed by atoms with van der Waals surface area (Å²) >= 11 is 0. The molecule has 0 aliphatic heterocycles. The van der Waals surface area contributed by atoms with Crippen LogP contribution in [0.5, 0.6) is 0 Å². The fraction of sp³-hybridized carbons (Fsp3) is 0.588. The number of nitro groups is 1. The van der Waals surface area contributed by atoms with Crippen molar-refractivity contribution in [3.8, 4) is 0 Å². The molecule has 1 aromatic carbocycles. The first-order valence-electron chi connectivity index (χ1n) is 7.81. The second-order valence-electron chi connectivity index (χ2n) is 7.10. The summed E-state index contributed by atoms with van der Waals surface area (Å²) in [5, 5.41) is 10.6. The van der Waals surface area contributed by atoms with Crippen molar-refractivity contribution < 1.29 is 14.5 Å². The van der Waals surface area contributed by atoms with Crippen LogP contribution in [0.2, 0.25) is 0 Å². The number of esters is 1. The number of fused-ring (bicyclic) bond motifs is 2. The molecule has 118 valence electrons. The van der Waals surface area contributed by atoms with Crippen LogP contribution in [0.4, 0.5) is 5.69 Å². The van der Waals surface area contributed by atoms with Crippen molar-refractivity contribution in [3.63, 3.8) is 0 Å². The molecule has 2 fully saturated rings. The first-order valence-corrected chi connectivity index (χ1v) is 7.81. The van der Waals surface area contributed by atoms with E-state index >= 15 is 0 Å². The smallest absolute Gasteiger partial charge is 0.338 e. The fourth-order valence-electron chi connectivity index (χ4n) is 4.29. The number of non-ortho nitro benzene ring substituents is 1. The van der Waals surface area contributed by atoms with Gasteiger partial charge in [-0.2, -0.15) is 0 Å². The van der Waals surface area contributed by atoms with Crippen LogP contribution in [-0.4, -0.2) is 17.5 Å². The summed E-state index contributed by atoms with van der Waals surface area (Å²) in [7, 11) is 0. The first kappa shape index (κ1) is 15.0. The minimum atomic E-state index is -0.479. The largest absolute Gasteiger partial charge is 0.462 e. The van der Waals surface area contributed by atoms with Gasteiger partial charge in [0.1, 0.15) is 0 Å². The van der Waals surface area contributed by atoms with E-state index in [-0.39, 0.29) is 11.1 Å². The number of hydrogen-bond donors (Lipinski definition) is 0. The monoisotopic (exact) mass is 303 g/mol. The Morgan fingerprint density at radius 1 is 1.32 bits per heavy atom. The second kappa shape index (κ2) is 5.38. The number of nitrogens with zero attached hydrogens (tertiary/aromatic N) is 1. The van der Waals surface area contributed by atoms with Crippen LogP contribution in [0.1, 0.15) is 43.5 Å². The number of carbonyl (C=O) groups is 1. The minimum Gasteiger partial charge on any atom is -0.462 e. The van der Waals surface area contributed by atoms with Gasteiger partial charge >= 0.3 is 5.97 Å². The zero-order chi connectivity index (χ0) is 15.9. The quantitative estimate of drug-likeness (QED) is 0.481. The summed E-state index contributed by atoms with van der Waals surface area (Å²) in [4.78, 5) is 22.2. The van der Waals surface area contributed by atoms with E-state index < -0.39 is 10.9 Å². The molecule has 22 heavy (non-hydrogen) atoms. The third-order valence-electron chi connectivity index (χ3n) is 5.76. The van der Waals surface area contributed by atoms with Gasteiger partial charge in [-0.15, -0.1) is 0 Å². The molecule has 0 heterocycles. The average molecular weight is 303 g/mol. The van der Waals surface area contributed by atoms with Crippen molar-refractivity contribution in [2.75, 3.05) is 6.61 Å². The van der Waals surface area contributed by atoms with Crippen molar-refractivity contribution in [1.82, 2.24) is 0 Å². The minimum absolute atomic E-state index is 0.0224. The molecule has 3 rings (SSSR count). The normalized spacial score (nSPS) is 28.5. The van der Waals surface area contributed by atoms with Gasteiger partial charge in [-0.1, -0.05) is 13.8 Å². The predicted octanol–water partition coefficient (Wildman–Crippen LogP) is 3.82. The zero-order valence-corrected chi connectivity index (χ0v) is 13.0. The summed E-state index contributed by atoms with van der Waals surface area (Å²) in [5.74, 6) is 1.45. The van der Waals surface area contributed by atoms with Gasteiger partial charge in [0.15, 0.2) is 0 Å². The van der Waals surface area contributed by atoms with E-state index in [0.29, 0.717) is 24.0 Å². The highest BCUT2D eigenvalue weighted by atomic mass is 16.6. The molecule has 3 atom stereocenters. The lowest BCUT2D eigenvalue weighted by Crippen LogP contribution is -2.34. The summed E-state index contributed by atoms with van der Waals surface area (Å²) < 4.78 is 5.49. The van der Waals surface area contributed by atoms with Gasteiger partial charge in [-0.25, -0.2) is 4.79 Å². The van der Waals surface area contributed by atoms with Crippen LogP contribution in [-0.2, 0) is 4.74 Å². The molecular weight excluding hydrogens is 282 g/mol. The third kappa shape index (κ3) is 2.49. The zero-order valence-electron chi connectivity index (χ0n) is 13.0. The number of carbonyl (C=O) groups excluding carboxylic acids is 1. The van der Waals surface area contributed by atoms with Crippen molar-refractivity contribution in [3.05, 3.63) is 39.9 Å². The molecule has 0 unspecified atom stereocenters. The molecule has 0 radical (unpaired) electrons. The molecule has 2 bridgehead atoms. The highest BCUT2D eigenvalue weighted by Crippen LogP contribution is 2.59. The summed E-state index contributed by atoms with van der Waals surface area (Å²) in [6, 6.07) is 5.56. The Kier molecular flexibility index (Phi) is 3.67. The maximum absolute atomic E-state index is 12.1. The number of ether oxygens (including phenoxy) is 1. The van der Waals surface area contributed by atoms with Gasteiger partial charge < -0.3 is 4.74 Å². The summed E-state index contributed by atoms with van der Waals surface area (Å²) in [5.41, 5.74) is 0.580. The van der Waals surface area contributed by atoms with Crippen molar-refractivity contribution in [1.29, 1.82) is 0 Å². The first-order chi connectivity index (χ1) is 10.4. The SMILES string of the molecule is CC1(C)[C@@H]2CC[C@@H](C2)[C@@H]1COC(=O)c1ccc([N+](=O)[O-])cc1. The standard InChI is InChI=1S/C17H21NO4/c1-17(2)13-6-3-12(9-13)15(17)10-22-16(19)11-4-7-14(8-5-11)18(20)21/h4-5,7-8,12-13,15H,3,6,9-10H2,1-2H3/t12-,13+,15-/m0/s1. The van der Waals surface area contributed by atoms with Gasteiger partial charge in [0.2, 0.25) is 0 Å². The highest BCUT2D eigenvalue weighted by Gasteiger charge is 2.52. The Morgan fingerprint density at radius 2 is 2.00 bits per heavy atom. The van der Waals surface area contributed by atoms with E-state index in [1.807, 2.05) is 0 Å². The Balaban J connectivity index is 1.62. The van der Waals surface area contributed by atoms with E-state index in [2.05, 4.69) is 13.8 Å². The maximum atomic E-state index is 12.1. The summed E-state index contributed by atoms with van der Waals surface area (Å²) in [6.07, 6.45) is 3.80. The Morgan fingerprint density at radius 3 is 2.55 bits per heavy atom. The van der Waals surface area contributed by atoms with Crippen LogP contribution in [0.25, 0.3) is 0 Å². The molecule has 0 aromatic heterocycles. The lowest BCUT2D eigenvalue weighted by Gasteiger charge is -2.37. The molecule has 2 aliphatic carbocycles. The van der Waals surface area contributed by atoms with Crippen LogP contribution < -0.4 is 0 Å². The Labute approximate surface area is 129 Å². The number of hydrogen-bond acceptors (Lipinski definition) is 4. The molecule has 1 aromatic rings. The molecular formula is C17H21NO4. The molecule has 5 nitrogen and oxygen atoms in total. The van der Waals surface area contributed by atoms with Crippen molar-refractivity contribution in [2.24, 2.45) is 23.2 Å². The lowest BCUT2D eigenvalue weighted by atomic mass is 9.69. The van der Waals surface area contributed by atoms with E-state index in [1.165, 1.54) is 43.5 Å². The fourth-order valence-corrected chi connectivity index (χ4v) is 4.29. The summed E-state index contributed by atoms with van der Waals surface area (Å²) in [6.45, 7) is 5.01. The molecule has 2 aliphatic rings. The number of rotatable bonds is 4. The second-order valence-corrected chi connectivity index (χ2v) is 7.10. The van der Waals surface area contributed by atoms with E-state index in [0.717, 1.165) is 5.92 Å². The van der Waals surface area contributed by atoms with Gasteiger partial charge in [0.05, 0.1) is 17.1 Å². The van der Waals surface area contributed by atoms with Crippen molar-refractivity contribution >= 4 is 11.7 Å². The molecule has 0 N–H and O–H groups in total. The van der Waals surface area contributed by atoms with E-state index in [9.17, 15) is 14.9 Å². The van der Waals surface area contributed by atoms with Gasteiger partial charge in [0.25, 0.3) is 5.69 Å². The molecule has 0 saturated heterocycles. The predicted molar refractivity (Wildman–Crippen MR) is 81.5 cm³/mol. The van der Waals surface area contributed by atoms with Crippen LogP contribution in [0.15, 0.2) is 24.3 Å². The number of benzene rings is 1. The molecule has 0 spiro atoms. The topological polar surface area (TPSA) is 69.4 Å².